The smallest absolute Gasteiger partial charge is 0.383 e. The highest BCUT2D eigenvalue weighted by molar-refractivity contribution is 7.98. The molecule has 0 saturated carbocycles. The standard InChI is InChI=1S/2C41H40F5N3O3S/c1-27(28-10-12-29(13-11-28)30-14-16-32(17-15-30)41(44,45)46)49(33-18-20-47(21-19-33)22-23-52-2)38(51)25-48-36-9-4-3-7-34(36)37(50)24-39(48)53-26-31-6-5-8-35(42)40(31)43;1-27-22-29(28-12-14-32(15-13-28)41(44,45)46)10-11-30(27)24-48(33-16-18-47(19-17-33)20-21-52-2)38(51)25-49-36-9-4-3-7-34(36)37(50)23-39(49)53-26-31-6-5-8-35(42)40(31)43/h3-17,24,27,33H,18-23,25-26H2,1-2H3;3-15,22-23,33H,16-21,24-26H2,1-2H3/i18D2,19D2,20D2,21D2,23D2,26D2,27D,33D;3D,4D,5D,6D,7D,8D,9D,10D,11D,12D,13D,14D,15D,16D2,17D2,18D2,19D2,21D2,22D,23D,24D2,26D2,33D. The largest absolute Gasteiger partial charge is 0.416 e. The van der Waals surface area contributed by atoms with E-state index in [1.807, 2.05) is 0 Å². The molecule has 4 heterocycles. The van der Waals surface area contributed by atoms with Gasteiger partial charge in [0, 0.05) is 145 Å². The number of alkyl halides is 6. The summed E-state index contributed by atoms with van der Waals surface area (Å²) in [5, 5.41) is -3.37. The Kier molecular flexibility index (Phi) is 13.0. The fraction of sp³-hybridized carbons (Fsp3) is 0.317. The number of carbonyl (C=O) groups excluding carboxylic acids is 2. The Bertz CT molecular complexity index is 7130. The van der Waals surface area contributed by atoms with Gasteiger partial charge in [0.2, 0.25) is 11.8 Å². The van der Waals surface area contributed by atoms with Gasteiger partial charge in [-0.1, -0.05) is 115 Å². The molecule has 24 heteroatoms. The normalized spacial score (nSPS) is 25.9. The summed E-state index contributed by atoms with van der Waals surface area (Å²) in [7, 11) is 1.48. The summed E-state index contributed by atoms with van der Waals surface area (Å²) >= 11 is -0.558. The molecule has 2 aliphatic heterocycles. The van der Waals surface area contributed by atoms with E-state index in [0.717, 1.165) is 79.3 Å². The van der Waals surface area contributed by atoms with Crippen LogP contribution in [0.15, 0.2) is 207 Å². The van der Waals surface area contributed by atoms with Gasteiger partial charge in [0.25, 0.3) is 0 Å². The predicted octanol–water partition coefficient (Wildman–Crippen LogP) is 17.7. The third kappa shape index (κ3) is 19.0. The van der Waals surface area contributed by atoms with Crippen molar-refractivity contribution >= 4 is 57.1 Å². The molecule has 1 unspecified atom stereocenters. The van der Waals surface area contributed by atoms with Gasteiger partial charge >= 0.3 is 12.4 Å². The van der Waals surface area contributed by atoms with Gasteiger partial charge in [-0.2, -0.15) is 26.3 Å². The fourth-order valence-corrected chi connectivity index (χ4v) is 11.3. The molecule has 1 atom stereocenters. The summed E-state index contributed by atoms with van der Waals surface area (Å²) in [5.74, 6) is -11.7. The number of nitrogens with zero attached hydrogens (tertiary/aromatic N) is 6. The number of rotatable bonds is 24. The summed E-state index contributed by atoms with van der Waals surface area (Å²) < 4.78 is 543. The van der Waals surface area contributed by atoms with Crippen LogP contribution < -0.4 is 10.9 Å². The molecule has 106 heavy (non-hydrogen) atoms. The lowest BCUT2D eigenvalue weighted by Crippen LogP contribution is -2.49. The quantitative estimate of drug-likeness (QED) is 0.0428. The molecule has 0 N–H and O–H groups in total. The molecule has 0 spiro atoms. The molecule has 2 aliphatic rings. The topological polar surface area (TPSA) is 110 Å². The highest BCUT2D eigenvalue weighted by Crippen LogP contribution is 2.37. The van der Waals surface area contributed by atoms with Gasteiger partial charge in [-0.3, -0.25) is 19.2 Å². The number of benzene rings is 8. The van der Waals surface area contributed by atoms with Crippen molar-refractivity contribution in [2.24, 2.45) is 0 Å². The first-order valence-electron chi connectivity index (χ1n) is 52.3. The summed E-state index contributed by atoms with van der Waals surface area (Å²) in [6.45, 7) is -32.8. The number of thioether (sulfide) groups is 2. The summed E-state index contributed by atoms with van der Waals surface area (Å²) in [4.78, 5) is 57.3. The zero-order chi connectivity index (χ0) is 115. The molecular formula is C82H80F10N6O6S2. The molecule has 8 aromatic carbocycles. The maximum Gasteiger partial charge on any atom is 0.416 e. The minimum absolute atomic E-state index is 0.000342. The number of hydrogen-bond acceptors (Lipinski definition) is 10. The first kappa shape index (κ1) is 39.2. The van der Waals surface area contributed by atoms with Gasteiger partial charge in [0.05, 0.1) is 84.2 Å². The van der Waals surface area contributed by atoms with Crippen LogP contribution in [0, 0.1) is 30.2 Å². The number of carbonyl (C=O) groups is 2. The van der Waals surface area contributed by atoms with E-state index in [9.17, 15) is 58.1 Å². The molecule has 12 rings (SSSR count). The average molecular weight is 1540 g/mol. The lowest BCUT2D eigenvalue weighted by atomic mass is 9.96. The molecule has 2 aromatic heterocycles. The van der Waals surface area contributed by atoms with Crippen molar-refractivity contribution in [2.45, 2.75) is 111 Å². The number of ether oxygens (including phenoxy) is 2. The molecule has 2 amide bonds. The Morgan fingerprint density at radius 1 is 0.585 bits per heavy atom. The van der Waals surface area contributed by atoms with E-state index in [1.54, 1.807) is 0 Å². The van der Waals surface area contributed by atoms with Gasteiger partial charge < -0.3 is 38.2 Å². The van der Waals surface area contributed by atoms with Gasteiger partial charge in [-0.25, -0.2) is 17.6 Å². The second-order valence-corrected chi connectivity index (χ2v) is 23.3. The molecule has 556 valence electrons. The highest BCUT2D eigenvalue weighted by atomic mass is 32.2. The zero-order valence-corrected chi connectivity index (χ0v) is 56.4. The fourth-order valence-electron chi connectivity index (χ4n) is 9.70. The van der Waals surface area contributed by atoms with Gasteiger partial charge in [-0.05, 0) is 139 Å². The Morgan fingerprint density at radius 2 is 1.16 bits per heavy atom. The van der Waals surface area contributed by atoms with E-state index in [0.29, 0.717) is 14.0 Å². The van der Waals surface area contributed by atoms with E-state index in [2.05, 4.69) is 4.74 Å². The van der Waals surface area contributed by atoms with E-state index >= 15 is 22.8 Å². The summed E-state index contributed by atoms with van der Waals surface area (Å²) in [5.41, 5.74) is -21.7. The molecule has 0 radical (unpaired) electrons. The molecular weight excluding hydrogens is 1420 g/mol. The van der Waals surface area contributed by atoms with Crippen LogP contribution in [0.5, 0.6) is 0 Å². The van der Waals surface area contributed by atoms with E-state index < -0.39 is 363 Å². The van der Waals surface area contributed by atoms with Crippen molar-refractivity contribution in [1.82, 2.24) is 28.7 Å². The van der Waals surface area contributed by atoms with E-state index in [4.69, 9.17) is 47.2 Å². The first-order chi connectivity index (χ1) is 67.9. The molecule has 10 aromatic rings. The van der Waals surface area contributed by atoms with Crippen molar-refractivity contribution in [2.75, 3.05) is 66.4 Å². The highest BCUT2D eigenvalue weighted by Gasteiger charge is 2.35. The molecule has 2 saturated heterocycles. The van der Waals surface area contributed by atoms with Gasteiger partial charge in [0.15, 0.2) is 34.1 Å². The minimum atomic E-state index is -5.56. The SMILES string of the molecule is [2H]C([2H])(CN1C([2H])([2H])C([2H])([2H])C([2H])(N(C(=O)Cn2c(SC([2H])([2H])c3cccc(F)c3F)cc(=O)c3ccccc32)C([2H])(C)c2ccc(-c3ccc(C(F)(F)F)cc3)cc2)C([2H])([2H])C1([2H])[2H])OC.[2H]c1c([2H])c(F)c(F)c(C([2H])([2H])Sc2c([2H])c(=O)c3c([2H])c([2H])c([2H])c([2H])c3n2CC(=O)N(C([2H])([2H])c2c([2H])c([2H])c(-c3c([2H])c([2H])c(C(F)(F)F)c([2H])c3[2H])c([2H])c2C)C2([2H])C([2H])([2H])C([2H])([2H])N(CC([2H])([2H])OC)C([2H])([2H])C2([2H])[2H])c1[2H]. The average Bonchev–Trinajstić information content (AvgIpc) is 0.657. The maximum absolute atomic E-state index is 15.9. The number of likely N-dealkylation sites (tertiary alicyclic amines) is 2. The van der Waals surface area contributed by atoms with Crippen LogP contribution in [-0.4, -0.2) is 119 Å². The van der Waals surface area contributed by atoms with Crippen LogP contribution in [0.4, 0.5) is 43.9 Å². The molecule has 0 bridgehead atoms. The summed E-state index contributed by atoms with van der Waals surface area (Å²) in [6.07, 6.45) is -28.1. The van der Waals surface area contributed by atoms with E-state index in [-0.39, 0.29) is 53.7 Å². The first-order valence-corrected chi connectivity index (χ1v) is 32.0. The number of aromatic nitrogens is 2. The summed E-state index contributed by atoms with van der Waals surface area (Å²) in [6, 6.07) is -17.6. The monoisotopic (exact) mass is 1540 g/mol. The van der Waals surface area contributed by atoms with Crippen LogP contribution in [-0.2, 0) is 62.4 Å². The van der Waals surface area contributed by atoms with Crippen molar-refractivity contribution in [3.05, 3.63) is 270 Å². The number of hydrogen-bond donors (Lipinski definition) is 0. The van der Waals surface area contributed by atoms with Crippen molar-refractivity contribution < 1.29 is 123 Å². The molecule has 12 nitrogen and oxygen atoms in total. The number of para-hydroxylation sites is 2. The number of piperidine rings is 2. The Hall–Kier alpha value is -9.04. The van der Waals surface area contributed by atoms with E-state index in [1.165, 1.54) is 36.4 Å². The predicted molar refractivity (Wildman–Crippen MR) is 395 cm³/mol. The van der Waals surface area contributed by atoms with Crippen LogP contribution in [0.25, 0.3) is 44.1 Å². The third-order valence-electron chi connectivity index (χ3n) is 14.9. The number of pyridine rings is 2. The number of methoxy groups -OCH3 is 2. The third-order valence-corrected chi connectivity index (χ3v) is 16.6. The Morgan fingerprint density at radius 3 is 1.81 bits per heavy atom. The molecule has 0 aliphatic carbocycles. The minimum Gasteiger partial charge on any atom is -0.383 e. The van der Waals surface area contributed by atoms with Crippen LogP contribution in [0.2, 0.25) is 0 Å². The van der Waals surface area contributed by atoms with Crippen LogP contribution in [0.3, 0.4) is 0 Å². The van der Waals surface area contributed by atoms with Crippen molar-refractivity contribution in [1.29, 1.82) is 0 Å². The number of fused-ring (bicyclic) bond motifs is 2. The zero-order valence-electron chi connectivity index (χ0n) is 98.8. The van der Waals surface area contributed by atoms with Crippen LogP contribution >= 0.6 is 23.5 Å². The van der Waals surface area contributed by atoms with Crippen molar-refractivity contribution in [3.63, 3.8) is 0 Å². The van der Waals surface area contributed by atoms with Gasteiger partial charge in [0.1, 0.15) is 13.1 Å². The lowest BCUT2D eigenvalue weighted by molar-refractivity contribution is -0.138. The number of amides is 2. The molecule has 2 fully saturated rings. The Labute approximate surface area is 678 Å². The van der Waals surface area contributed by atoms with Crippen LogP contribution in [0.1, 0.15) is 138 Å². The van der Waals surface area contributed by atoms with Crippen molar-refractivity contribution in [3.8, 4) is 22.3 Å². The maximum atomic E-state index is 15.9. The number of halogens is 10. The Balaban J connectivity index is 0.000000291. The lowest BCUT2D eigenvalue weighted by Gasteiger charge is -2.42. The second-order valence-electron chi connectivity index (χ2n) is 21.7. The van der Waals surface area contributed by atoms with Gasteiger partial charge in [-0.15, -0.1) is 23.5 Å². The second kappa shape index (κ2) is 35.1.